The Labute approximate surface area is 120 Å². The number of rotatable bonds is 5. The topological polar surface area (TPSA) is 76.9 Å². The maximum absolute atomic E-state index is 12.0. The van der Waals surface area contributed by atoms with Crippen LogP contribution in [0.3, 0.4) is 0 Å². The van der Waals surface area contributed by atoms with E-state index in [2.05, 4.69) is 15.4 Å². The Morgan fingerprint density at radius 2 is 2.25 bits per heavy atom. The van der Waals surface area contributed by atoms with Crippen LogP contribution in [0.15, 0.2) is 22.3 Å². The molecule has 20 heavy (non-hydrogen) atoms. The molecule has 0 fully saturated rings. The van der Waals surface area contributed by atoms with Gasteiger partial charge in [-0.05, 0) is 19.4 Å². The monoisotopic (exact) mass is 292 g/mol. The first kappa shape index (κ1) is 14.4. The number of thiazole rings is 1. The molecule has 7 heteroatoms. The van der Waals surface area contributed by atoms with E-state index >= 15 is 0 Å². The quantitative estimate of drug-likeness (QED) is 0.915. The highest BCUT2D eigenvalue weighted by Gasteiger charge is 2.11. The van der Waals surface area contributed by atoms with Crippen LogP contribution >= 0.6 is 11.3 Å². The molecule has 2 aromatic rings. The van der Waals surface area contributed by atoms with Gasteiger partial charge in [-0.25, -0.2) is 9.67 Å². The molecule has 106 valence electrons. The van der Waals surface area contributed by atoms with Gasteiger partial charge in [-0.1, -0.05) is 13.3 Å². The third-order valence-corrected chi connectivity index (χ3v) is 3.54. The highest BCUT2D eigenvalue weighted by molar-refractivity contribution is 7.13. The average molecular weight is 292 g/mol. The molecule has 1 amide bonds. The van der Waals surface area contributed by atoms with Gasteiger partial charge in [-0.3, -0.25) is 14.9 Å². The van der Waals surface area contributed by atoms with Crippen LogP contribution in [-0.4, -0.2) is 20.7 Å². The summed E-state index contributed by atoms with van der Waals surface area (Å²) in [5.41, 5.74) is 0.875. The average Bonchev–Trinajstić information content (AvgIpc) is 2.83. The molecule has 0 aliphatic carbocycles. The zero-order chi connectivity index (χ0) is 14.5. The summed E-state index contributed by atoms with van der Waals surface area (Å²) in [6.45, 7) is 4.41. The minimum absolute atomic E-state index is 0.194. The van der Waals surface area contributed by atoms with Gasteiger partial charge in [0, 0.05) is 18.0 Å². The van der Waals surface area contributed by atoms with Gasteiger partial charge in [0.2, 0.25) is 0 Å². The fourth-order valence-electron chi connectivity index (χ4n) is 1.61. The SMILES string of the molecule is CCCCn1nc(C(=O)Nc2nc(C)cs2)ccc1=O. The lowest BCUT2D eigenvalue weighted by Crippen LogP contribution is -2.26. The molecule has 0 saturated heterocycles. The normalized spacial score (nSPS) is 10.5. The number of nitrogens with one attached hydrogen (secondary N) is 1. The third-order valence-electron chi connectivity index (χ3n) is 2.66. The van der Waals surface area contributed by atoms with Gasteiger partial charge in [-0.15, -0.1) is 11.3 Å². The van der Waals surface area contributed by atoms with Crippen molar-refractivity contribution in [3.8, 4) is 0 Å². The van der Waals surface area contributed by atoms with Crippen LogP contribution in [0, 0.1) is 6.92 Å². The Kier molecular flexibility index (Phi) is 4.62. The molecule has 6 nitrogen and oxygen atoms in total. The lowest BCUT2D eigenvalue weighted by atomic mass is 10.3. The molecule has 0 radical (unpaired) electrons. The summed E-state index contributed by atoms with van der Waals surface area (Å²) in [6, 6.07) is 2.80. The Morgan fingerprint density at radius 3 is 2.90 bits per heavy atom. The second kappa shape index (κ2) is 6.42. The van der Waals surface area contributed by atoms with E-state index in [9.17, 15) is 9.59 Å². The molecular formula is C13H16N4O2S. The van der Waals surface area contributed by atoms with Crippen molar-refractivity contribution in [1.29, 1.82) is 0 Å². The van der Waals surface area contributed by atoms with Crippen molar-refractivity contribution in [3.05, 3.63) is 39.3 Å². The Morgan fingerprint density at radius 1 is 1.45 bits per heavy atom. The summed E-state index contributed by atoms with van der Waals surface area (Å²) in [5, 5.41) is 9.13. The predicted molar refractivity (Wildman–Crippen MR) is 78.2 cm³/mol. The second-order valence-electron chi connectivity index (χ2n) is 4.38. The van der Waals surface area contributed by atoms with Crippen LogP contribution in [-0.2, 0) is 6.54 Å². The van der Waals surface area contributed by atoms with E-state index in [0.29, 0.717) is 11.7 Å². The van der Waals surface area contributed by atoms with Crippen molar-refractivity contribution in [1.82, 2.24) is 14.8 Å². The number of aryl methyl sites for hydroxylation is 2. The van der Waals surface area contributed by atoms with Gasteiger partial charge in [0.05, 0.1) is 5.69 Å². The molecule has 0 atom stereocenters. The highest BCUT2D eigenvalue weighted by Crippen LogP contribution is 2.14. The fourth-order valence-corrected chi connectivity index (χ4v) is 2.29. The molecule has 0 bridgehead atoms. The smallest absolute Gasteiger partial charge is 0.277 e. The van der Waals surface area contributed by atoms with Crippen LogP contribution in [0.5, 0.6) is 0 Å². The van der Waals surface area contributed by atoms with Crippen molar-refractivity contribution in [3.63, 3.8) is 0 Å². The predicted octanol–water partition coefficient (Wildman–Crippen LogP) is 2.06. The Bertz CT molecular complexity index is 662. The number of hydrogen-bond donors (Lipinski definition) is 1. The number of hydrogen-bond acceptors (Lipinski definition) is 5. The molecule has 0 unspecified atom stereocenters. The lowest BCUT2D eigenvalue weighted by Gasteiger charge is -2.05. The van der Waals surface area contributed by atoms with Crippen LogP contribution in [0.1, 0.15) is 35.9 Å². The second-order valence-corrected chi connectivity index (χ2v) is 5.24. The highest BCUT2D eigenvalue weighted by atomic mass is 32.1. The van der Waals surface area contributed by atoms with E-state index < -0.39 is 0 Å². The standard InChI is InChI=1S/C13H16N4O2S/c1-3-4-7-17-11(18)6-5-10(16-17)12(19)15-13-14-9(2)8-20-13/h5-6,8H,3-4,7H2,1-2H3,(H,14,15,19). The minimum Gasteiger partial charge on any atom is -0.296 e. The first-order chi connectivity index (χ1) is 9.60. The summed E-state index contributed by atoms with van der Waals surface area (Å²) < 4.78 is 1.32. The number of nitrogens with zero attached hydrogens (tertiary/aromatic N) is 3. The number of carbonyl (C=O) groups excluding carboxylic acids is 1. The van der Waals surface area contributed by atoms with Gasteiger partial charge in [0.1, 0.15) is 5.69 Å². The molecule has 1 N–H and O–H groups in total. The maximum Gasteiger partial charge on any atom is 0.277 e. The van der Waals surface area contributed by atoms with E-state index in [1.165, 1.54) is 28.2 Å². The summed E-state index contributed by atoms with van der Waals surface area (Å²) in [7, 11) is 0. The molecule has 0 aliphatic heterocycles. The van der Waals surface area contributed by atoms with Crippen LogP contribution < -0.4 is 10.9 Å². The summed E-state index contributed by atoms with van der Waals surface area (Å²) >= 11 is 1.35. The number of carbonyl (C=O) groups is 1. The molecule has 0 aromatic carbocycles. The summed E-state index contributed by atoms with van der Waals surface area (Å²) in [6.07, 6.45) is 1.81. The fraction of sp³-hybridized carbons (Fsp3) is 0.385. The van der Waals surface area contributed by atoms with E-state index in [-0.39, 0.29) is 17.2 Å². The number of unbranched alkanes of at least 4 members (excludes halogenated alkanes) is 1. The number of anilines is 1. The van der Waals surface area contributed by atoms with E-state index in [0.717, 1.165) is 18.5 Å². The lowest BCUT2D eigenvalue weighted by molar-refractivity contribution is 0.101. The largest absolute Gasteiger partial charge is 0.296 e. The molecule has 2 aromatic heterocycles. The molecule has 0 spiro atoms. The van der Waals surface area contributed by atoms with Crippen molar-refractivity contribution >= 4 is 22.4 Å². The van der Waals surface area contributed by atoms with Crippen molar-refractivity contribution in [2.24, 2.45) is 0 Å². The van der Waals surface area contributed by atoms with Crippen molar-refractivity contribution in [2.45, 2.75) is 33.2 Å². The van der Waals surface area contributed by atoms with Gasteiger partial charge in [0.25, 0.3) is 11.5 Å². The molecule has 0 saturated carbocycles. The molecular weight excluding hydrogens is 276 g/mol. The van der Waals surface area contributed by atoms with Gasteiger partial charge >= 0.3 is 0 Å². The number of amides is 1. The van der Waals surface area contributed by atoms with Crippen LogP contribution in [0.4, 0.5) is 5.13 Å². The number of aromatic nitrogens is 3. The molecule has 2 rings (SSSR count). The van der Waals surface area contributed by atoms with Gasteiger partial charge in [-0.2, -0.15) is 5.10 Å². The van der Waals surface area contributed by atoms with Gasteiger partial charge < -0.3 is 0 Å². The summed E-state index contributed by atoms with van der Waals surface area (Å²) in [5.74, 6) is -0.357. The van der Waals surface area contributed by atoms with Gasteiger partial charge in [0.15, 0.2) is 5.13 Å². The Hall–Kier alpha value is -2.02. The maximum atomic E-state index is 12.0. The summed E-state index contributed by atoms with van der Waals surface area (Å²) in [4.78, 5) is 27.8. The van der Waals surface area contributed by atoms with E-state index in [4.69, 9.17) is 0 Å². The first-order valence-electron chi connectivity index (χ1n) is 6.42. The van der Waals surface area contributed by atoms with E-state index in [1.807, 2.05) is 19.2 Å². The zero-order valence-electron chi connectivity index (χ0n) is 11.4. The zero-order valence-corrected chi connectivity index (χ0v) is 12.2. The van der Waals surface area contributed by atoms with E-state index in [1.54, 1.807) is 0 Å². The van der Waals surface area contributed by atoms with Crippen LogP contribution in [0.2, 0.25) is 0 Å². The molecule has 2 heterocycles. The van der Waals surface area contributed by atoms with Crippen molar-refractivity contribution in [2.75, 3.05) is 5.32 Å². The minimum atomic E-state index is -0.357. The van der Waals surface area contributed by atoms with Crippen molar-refractivity contribution < 1.29 is 4.79 Å². The first-order valence-corrected chi connectivity index (χ1v) is 7.29. The Balaban J connectivity index is 2.15. The van der Waals surface area contributed by atoms with Crippen LogP contribution in [0.25, 0.3) is 0 Å². The molecule has 0 aliphatic rings. The third kappa shape index (κ3) is 3.51.